The van der Waals surface area contributed by atoms with Gasteiger partial charge in [0.25, 0.3) is 23.6 Å². The number of para-hydroxylation sites is 4. The molecule has 2 atom stereocenters. The normalized spacial score (nSPS) is 13.7. The van der Waals surface area contributed by atoms with Gasteiger partial charge in [0.05, 0.1) is 11.1 Å². The molecule has 4 amide bonds. The quantitative estimate of drug-likeness (QED) is 0.0629. The molecule has 0 saturated heterocycles. The van der Waals surface area contributed by atoms with Gasteiger partial charge >= 0.3 is 0 Å². The van der Waals surface area contributed by atoms with Crippen LogP contribution in [0.5, 0.6) is 0 Å². The summed E-state index contributed by atoms with van der Waals surface area (Å²) in [6, 6.07) is 70.3. The molecule has 8 nitrogen and oxygen atoms in total. The first-order chi connectivity index (χ1) is 41.2. The zero-order valence-electron chi connectivity index (χ0n) is 48.1. The minimum atomic E-state index is -0.396. The highest BCUT2D eigenvalue weighted by Crippen LogP contribution is 2.50. The summed E-state index contributed by atoms with van der Waals surface area (Å²) < 4.78 is 0. The SMILES string of the molecule is CCCCC(CC)CN1C(=O)c2cc(-c3ccc(-c4ccc(N(c5ccccc5)c5ccccc5)cc4)s3)c3c4c(cc(-c5ccc(-c6ccc(N(c7ccccc7)c7ccccc7)cc6)s5)c(c24)C1=O)C(=O)N(CC(CC)CCCC)C3=O. The minimum absolute atomic E-state index is 0.0981. The second-order valence-electron chi connectivity index (χ2n) is 22.2. The van der Waals surface area contributed by atoms with Crippen molar-refractivity contribution in [1.82, 2.24) is 9.80 Å². The number of rotatable bonds is 22. The molecule has 2 aliphatic heterocycles. The number of unbranched alkanes of at least 4 members (excludes halogenated alkanes) is 2. The summed E-state index contributed by atoms with van der Waals surface area (Å²) in [6.07, 6.45) is 7.36. The molecule has 12 rings (SSSR count). The first-order valence-corrected chi connectivity index (χ1v) is 31.4. The summed E-state index contributed by atoms with van der Waals surface area (Å²) in [5.41, 5.74) is 10.8. The molecule has 2 aliphatic rings. The standard InChI is InChI=1S/C74H68N4O4S2/c1-5-9-23-49(7-3)47-75-71(79)61-45-60(66-44-42-64(84-66)52-35-39-58(40-36-52)78(55-29-19-13-20-30-55)56-31-21-14-22-32-56)70-68-62(72(80)76(74(70)82)48-50(8-4)24-10-6-2)46-59(69(67(61)68)73(75)81)65-43-41-63(83-65)51-33-37-57(38-34-51)77(53-25-15-11-16-26-53)54-27-17-12-18-28-54/h11-22,25-46,49-50H,5-10,23-24,47-48H2,1-4H3. The number of benzene rings is 8. The Bertz CT molecular complexity index is 3670. The van der Waals surface area contributed by atoms with Crippen LogP contribution in [0, 0.1) is 11.8 Å². The molecule has 0 fully saturated rings. The van der Waals surface area contributed by atoms with Gasteiger partial charge < -0.3 is 9.80 Å². The zero-order valence-corrected chi connectivity index (χ0v) is 49.7. The van der Waals surface area contributed by atoms with E-state index in [4.69, 9.17) is 0 Å². The summed E-state index contributed by atoms with van der Waals surface area (Å²) in [5, 5.41) is 0.784. The van der Waals surface area contributed by atoms with Gasteiger partial charge in [0.15, 0.2) is 0 Å². The van der Waals surface area contributed by atoms with E-state index < -0.39 is 23.6 Å². The molecule has 10 aromatic rings. The highest BCUT2D eigenvalue weighted by Gasteiger charge is 2.44. The Morgan fingerprint density at radius 1 is 0.357 bits per heavy atom. The first-order valence-electron chi connectivity index (χ1n) is 29.8. The van der Waals surface area contributed by atoms with Crippen molar-refractivity contribution in [3.63, 3.8) is 0 Å². The Labute approximate surface area is 501 Å². The van der Waals surface area contributed by atoms with Crippen molar-refractivity contribution in [3.8, 4) is 41.8 Å². The third kappa shape index (κ3) is 10.7. The summed E-state index contributed by atoms with van der Waals surface area (Å²) >= 11 is 3.11. The Kier molecular flexibility index (Phi) is 16.4. The molecule has 420 valence electrons. The molecule has 84 heavy (non-hydrogen) atoms. The molecular formula is C74H68N4O4S2. The van der Waals surface area contributed by atoms with Crippen LogP contribution in [-0.4, -0.2) is 46.5 Å². The molecule has 0 N–H and O–H groups in total. The average molecular weight is 1140 g/mol. The number of nitrogens with zero attached hydrogens (tertiary/aromatic N) is 4. The fourth-order valence-electron chi connectivity index (χ4n) is 12.3. The maximum Gasteiger partial charge on any atom is 0.262 e. The van der Waals surface area contributed by atoms with Gasteiger partial charge in [-0.2, -0.15) is 0 Å². The van der Waals surface area contributed by atoms with E-state index in [1.807, 2.05) is 97.1 Å². The summed E-state index contributed by atoms with van der Waals surface area (Å²) in [6.45, 7) is 9.12. The largest absolute Gasteiger partial charge is 0.311 e. The minimum Gasteiger partial charge on any atom is -0.311 e. The fourth-order valence-corrected chi connectivity index (χ4v) is 14.3. The highest BCUT2D eigenvalue weighted by atomic mass is 32.1. The van der Waals surface area contributed by atoms with Gasteiger partial charge in [-0.25, -0.2) is 0 Å². The lowest BCUT2D eigenvalue weighted by molar-refractivity contribution is 0.0559. The van der Waals surface area contributed by atoms with Gasteiger partial charge in [0.2, 0.25) is 0 Å². The van der Waals surface area contributed by atoms with Crippen molar-refractivity contribution < 1.29 is 19.2 Å². The van der Waals surface area contributed by atoms with E-state index >= 15 is 19.2 Å². The molecule has 2 unspecified atom stereocenters. The lowest BCUT2D eigenvalue weighted by Gasteiger charge is -2.36. The smallest absolute Gasteiger partial charge is 0.262 e. The van der Waals surface area contributed by atoms with Gasteiger partial charge in [-0.15, -0.1) is 22.7 Å². The van der Waals surface area contributed by atoms with E-state index in [2.05, 4.69) is 147 Å². The average Bonchev–Trinajstić information content (AvgIpc) is 1.23. The van der Waals surface area contributed by atoms with Crippen LogP contribution in [0.4, 0.5) is 34.1 Å². The predicted molar refractivity (Wildman–Crippen MR) is 348 cm³/mol. The van der Waals surface area contributed by atoms with Crippen LogP contribution in [0.25, 0.3) is 52.5 Å². The van der Waals surface area contributed by atoms with Crippen molar-refractivity contribution in [2.45, 2.75) is 79.1 Å². The predicted octanol–water partition coefficient (Wildman–Crippen LogP) is 20.2. The van der Waals surface area contributed by atoms with E-state index in [0.29, 0.717) is 44.2 Å². The molecule has 0 saturated carbocycles. The number of imide groups is 2. The summed E-state index contributed by atoms with van der Waals surface area (Å²) in [5.74, 6) is -1.38. The molecule has 0 spiro atoms. The van der Waals surface area contributed by atoms with Crippen LogP contribution in [-0.2, 0) is 0 Å². The molecular weight excluding hydrogens is 1070 g/mol. The molecule has 0 bridgehead atoms. The number of hydrogen-bond acceptors (Lipinski definition) is 8. The van der Waals surface area contributed by atoms with E-state index in [1.54, 1.807) is 22.7 Å². The number of carbonyl (C=O) groups is 4. The Morgan fingerprint density at radius 2 is 0.667 bits per heavy atom. The Balaban J connectivity index is 0.997. The van der Waals surface area contributed by atoms with Crippen LogP contribution >= 0.6 is 22.7 Å². The van der Waals surface area contributed by atoms with E-state index in [0.717, 1.165) is 116 Å². The Morgan fingerprint density at radius 3 is 0.976 bits per heavy atom. The van der Waals surface area contributed by atoms with Crippen molar-refractivity contribution in [1.29, 1.82) is 0 Å². The maximum absolute atomic E-state index is 15.7. The molecule has 4 heterocycles. The third-order valence-corrected chi connectivity index (χ3v) is 19.2. The van der Waals surface area contributed by atoms with E-state index in [1.165, 1.54) is 9.80 Å². The van der Waals surface area contributed by atoms with Crippen molar-refractivity contribution in [2.24, 2.45) is 11.8 Å². The monoisotopic (exact) mass is 1140 g/mol. The fraction of sp³-hybridized carbons (Fsp3) is 0.216. The zero-order chi connectivity index (χ0) is 57.8. The number of thiophene rings is 2. The maximum atomic E-state index is 15.7. The number of carbonyl (C=O) groups excluding carboxylic acids is 4. The van der Waals surface area contributed by atoms with Crippen molar-refractivity contribution in [3.05, 3.63) is 229 Å². The number of amides is 4. The molecule has 10 heteroatoms. The lowest BCUT2D eigenvalue weighted by atomic mass is 9.80. The second kappa shape index (κ2) is 24.6. The number of anilines is 6. The summed E-state index contributed by atoms with van der Waals surface area (Å²) in [4.78, 5) is 73.3. The van der Waals surface area contributed by atoms with Crippen LogP contribution < -0.4 is 9.80 Å². The van der Waals surface area contributed by atoms with Gasteiger partial charge in [0.1, 0.15) is 0 Å². The summed E-state index contributed by atoms with van der Waals surface area (Å²) in [7, 11) is 0. The van der Waals surface area contributed by atoms with Gasteiger partial charge in [-0.1, -0.05) is 163 Å². The van der Waals surface area contributed by atoms with E-state index in [-0.39, 0.29) is 24.9 Å². The van der Waals surface area contributed by atoms with Crippen molar-refractivity contribution >= 4 is 91.2 Å². The van der Waals surface area contributed by atoms with Gasteiger partial charge in [-0.05, 0) is 145 Å². The molecule has 8 aromatic carbocycles. The van der Waals surface area contributed by atoms with Gasteiger partial charge in [0, 0.05) is 99.7 Å². The van der Waals surface area contributed by atoms with Crippen LogP contribution in [0.3, 0.4) is 0 Å². The molecule has 2 aromatic heterocycles. The van der Waals surface area contributed by atoms with E-state index in [9.17, 15) is 0 Å². The molecule has 0 radical (unpaired) electrons. The molecule has 0 aliphatic carbocycles. The van der Waals surface area contributed by atoms with Crippen LogP contribution in [0.15, 0.2) is 206 Å². The number of hydrogen-bond donors (Lipinski definition) is 0. The third-order valence-electron chi connectivity index (χ3n) is 16.9. The second-order valence-corrected chi connectivity index (χ2v) is 24.3. The van der Waals surface area contributed by atoms with Gasteiger partial charge in [-0.3, -0.25) is 29.0 Å². The van der Waals surface area contributed by atoms with Crippen molar-refractivity contribution in [2.75, 3.05) is 22.9 Å². The topological polar surface area (TPSA) is 81.2 Å². The Hall–Kier alpha value is -8.70. The van der Waals surface area contributed by atoms with Crippen LogP contribution in [0.2, 0.25) is 0 Å². The van der Waals surface area contributed by atoms with Crippen LogP contribution in [0.1, 0.15) is 120 Å². The first kappa shape index (κ1) is 55.8. The highest BCUT2D eigenvalue weighted by molar-refractivity contribution is 7.19. The lowest BCUT2D eigenvalue weighted by Crippen LogP contribution is -2.46.